The second kappa shape index (κ2) is 12.2. The summed E-state index contributed by atoms with van der Waals surface area (Å²) in [7, 11) is 0. The standard InChI is InChI=1S/C26H23FN4O6S/c1-2-36-25(33)16-29(20-5-3-6-21(13-20)31(34)35)24(32)17-38-26-28-14-23(18-8-10-19(27)11-9-18)30(26)15-22-7-4-12-37-22/h3-14H,2,15-17H2,1H3. The van der Waals surface area contributed by atoms with E-state index in [9.17, 15) is 24.1 Å². The summed E-state index contributed by atoms with van der Waals surface area (Å²) in [5.74, 6) is -0.955. The average molecular weight is 539 g/mol. The first-order chi connectivity index (χ1) is 18.4. The van der Waals surface area contributed by atoms with E-state index in [1.165, 1.54) is 36.4 Å². The summed E-state index contributed by atoms with van der Waals surface area (Å²) in [5.41, 5.74) is 1.40. The molecule has 2 aromatic heterocycles. The molecule has 4 aromatic rings. The molecule has 0 aliphatic carbocycles. The second-order valence-corrected chi connectivity index (χ2v) is 8.89. The summed E-state index contributed by atoms with van der Waals surface area (Å²) < 4.78 is 25.8. The lowest BCUT2D eigenvalue weighted by molar-refractivity contribution is -0.384. The molecule has 0 unspecified atom stereocenters. The lowest BCUT2D eigenvalue weighted by atomic mass is 10.1. The number of non-ortho nitro benzene ring substituents is 1. The number of esters is 1. The number of nitro benzene ring substituents is 1. The van der Waals surface area contributed by atoms with Crippen LogP contribution in [0, 0.1) is 15.9 Å². The number of rotatable bonds is 11. The van der Waals surface area contributed by atoms with Crippen molar-refractivity contribution in [2.24, 2.45) is 0 Å². The molecule has 2 aromatic carbocycles. The number of hydrogen-bond acceptors (Lipinski definition) is 8. The molecule has 0 fully saturated rings. The number of halogens is 1. The maximum Gasteiger partial charge on any atom is 0.326 e. The van der Waals surface area contributed by atoms with Crippen LogP contribution in [0.25, 0.3) is 11.3 Å². The fraction of sp³-hybridized carbons (Fsp3) is 0.192. The van der Waals surface area contributed by atoms with Gasteiger partial charge in [0.15, 0.2) is 5.16 Å². The summed E-state index contributed by atoms with van der Waals surface area (Å²) in [5, 5.41) is 11.7. The fourth-order valence-corrected chi connectivity index (χ4v) is 4.53. The van der Waals surface area contributed by atoms with Crippen molar-refractivity contribution in [2.75, 3.05) is 23.8 Å². The van der Waals surface area contributed by atoms with Crippen LogP contribution in [-0.4, -0.2) is 45.3 Å². The molecule has 0 saturated heterocycles. The molecule has 10 nitrogen and oxygen atoms in total. The zero-order valence-electron chi connectivity index (χ0n) is 20.3. The van der Waals surface area contributed by atoms with Crippen molar-refractivity contribution in [3.8, 4) is 11.3 Å². The highest BCUT2D eigenvalue weighted by Gasteiger charge is 2.23. The molecule has 196 valence electrons. The third-order valence-electron chi connectivity index (χ3n) is 5.42. The molecule has 1 amide bonds. The first kappa shape index (κ1) is 26.6. The van der Waals surface area contributed by atoms with Crippen LogP contribution in [0.4, 0.5) is 15.8 Å². The Bertz CT molecular complexity index is 1420. The first-order valence-electron chi connectivity index (χ1n) is 11.5. The van der Waals surface area contributed by atoms with Crippen LogP contribution in [0.2, 0.25) is 0 Å². The lowest BCUT2D eigenvalue weighted by Crippen LogP contribution is -2.37. The number of amides is 1. The topological polar surface area (TPSA) is 121 Å². The monoisotopic (exact) mass is 538 g/mol. The number of ether oxygens (including phenoxy) is 1. The van der Waals surface area contributed by atoms with Gasteiger partial charge >= 0.3 is 5.97 Å². The number of carbonyl (C=O) groups is 2. The number of nitrogens with zero attached hydrogens (tertiary/aromatic N) is 4. The third-order valence-corrected chi connectivity index (χ3v) is 6.40. The normalized spacial score (nSPS) is 10.8. The van der Waals surface area contributed by atoms with E-state index in [1.807, 2.05) is 4.57 Å². The molecular formula is C26H23FN4O6S. The van der Waals surface area contributed by atoms with E-state index in [-0.39, 0.29) is 29.6 Å². The maximum atomic E-state index is 13.5. The van der Waals surface area contributed by atoms with E-state index in [0.717, 1.165) is 22.2 Å². The number of thioether (sulfide) groups is 1. The number of nitro groups is 1. The van der Waals surface area contributed by atoms with E-state index >= 15 is 0 Å². The number of furan rings is 1. The molecule has 0 aliphatic rings. The number of anilines is 1. The Kier molecular flexibility index (Phi) is 8.54. The van der Waals surface area contributed by atoms with Crippen LogP contribution >= 0.6 is 11.8 Å². The van der Waals surface area contributed by atoms with Crippen LogP contribution in [-0.2, 0) is 20.9 Å². The molecule has 0 spiro atoms. The van der Waals surface area contributed by atoms with Gasteiger partial charge in [0.2, 0.25) is 5.91 Å². The van der Waals surface area contributed by atoms with Gasteiger partial charge < -0.3 is 18.6 Å². The highest BCUT2D eigenvalue weighted by molar-refractivity contribution is 7.99. The van der Waals surface area contributed by atoms with Gasteiger partial charge in [-0.15, -0.1) is 0 Å². The highest BCUT2D eigenvalue weighted by Crippen LogP contribution is 2.29. The second-order valence-electron chi connectivity index (χ2n) is 7.95. The SMILES string of the molecule is CCOC(=O)CN(C(=O)CSc1ncc(-c2ccc(F)cc2)n1Cc1ccco1)c1cccc([N+](=O)[O-])c1. The van der Waals surface area contributed by atoms with Crippen LogP contribution < -0.4 is 4.90 Å². The zero-order valence-corrected chi connectivity index (χ0v) is 21.1. The van der Waals surface area contributed by atoms with Gasteiger partial charge in [-0.2, -0.15) is 0 Å². The number of imidazole rings is 1. The van der Waals surface area contributed by atoms with Crippen molar-refractivity contribution in [1.29, 1.82) is 0 Å². The minimum Gasteiger partial charge on any atom is -0.467 e. The van der Waals surface area contributed by atoms with Gasteiger partial charge in [-0.05, 0) is 55.0 Å². The van der Waals surface area contributed by atoms with E-state index in [2.05, 4.69) is 4.98 Å². The Morgan fingerprint density at radius 1 is 1.18 bits per heavy atom. The zero-order chi connectivity index (χ0) is 27.1. The third kappa shape index (κ3) is 6.45. The Labute approximate surface area is 221 Å². The summed E-state index contributed by atoms with van der Waals surface area (Å²) in [4.78, 5) is 41.8. The summed E-state index contributed by atoms with van der Waals surface area (Å²) in [6.07, 6.45) is 3.17. The van der Waals surface area contributed by atoms with E-state index < -0.39 is 23.3 Å². The first-order valence-corrected chi connectivity index (χ1v) is 12.5. The quantitative estimate of drug-likeness (QED) is 0.114. The summed E-state index contributed by atoms with van der Waals surface area (Å²) in [6, 6.07) is 15.0. The van der Waals surface area contributed by atoms with Crippen molar-refractivity contribution < 1.29 is 28.1 Å². The highest BCUT2D eigenvalue weighted by atomic mass is 32.2. The number of carbonyl (C=O) groups excluding carboxylic acids is 2. The van der Waals surface area contributed by atoms with Crippen molar-refractivity contribution in [1.82, 2.24) is 9.55 Å². The summed E-state index contributed by atoms with van der Waals surface area (Å²) >= 11 is 1.13. The molecular weight excluding hydrogens is 515 g/mol. The largest absolute Gasteiger partial charge is 0.467 e. The van der Waals surface area contributed by atoms with Gasteiger partial charge in [-0.3, -0.25) is 19.7 Å². The van der Waals surface area contributed by atoms with Crippen LogP contribution in [0.15, 0.2) is 82.7 Å². The van der Waals surface area contributed by atoms with Gasteiger partial charge in [0.25, 0.3) is 5.69 Å². The molecule has 4 rings (SSSR count). The predicted molar refractivity (Wildman–Crippen MR) is 138 cm³/mol. The van der Waals surface area contributed by atoms with Gasteiger partial charge in [0.1, 0.15) is 18.1 Å². The van der Waals surface area contributed by atoms with Crippen LogP contribution in [0.5, 0.6) is 0 Å². The molecule has 2 heterocycles. The van der Waals surface area contributed by atoms with Gasteiger partial charge in [0, 0.05) is 12.1 Å². The Morgan fingerprint density at radius 2 is 1.97 bits per heavy atom. The smallest absolute Gasteiger partial charge is 0.326 e. The number of aromatic nitrogens is 2. The Hall–Kier alpha value is -4.45. The van der Waals surface area contributed by atoms with Crippen LogP contribution in [0.3, 0.4) is 0 Å². The van der Waals surface area contributed by atoms with Gasteiger partial charge in [0.05, 0.1) is 47.7 Å². The molecule has 0 aliphatic heterocycles. The molecule has 38 heavy (non-hydrogen) atoms. The molecule has 12 heteroatoms. The molecule has 0 radical (unpaired) electrons. The Balaban J connectivity index is 1.60. The van der Waals surface area contributed by atoms with E-state index in [0.29, 0.717) is 23.2 Å². The number of benzene rings is 2. The van der Waals surface area contributed by atoms with E-state index in [1.54, 1.807) is 43.6 Å². The maximum absolute atomic E-state index is 13.5. The van der Waals surface area contributed by atoms with E-state index in [4.69, 9.17) is 9.15 Å². The summed E-state index contributed by atoms with van der Waals surface area (Å²) in [6.45, 7) is 1.68. The average Bonchev–Trinajstić information content (AvgIpc) is 3.57. The number of hydrogen-bond donors (Lipinski definition) is 0. The Morgan fingerprint density at radius 3 is 2.66 bits per heavy atom. The van der Waals surface area contributed by atoms with Crippen molar-refractivity contribution in [3.05, 3.63) is 94.8 Å². The fourth-order valence-electron chi connectivity index (χ4n) is 3.67. The molecule has 0 N–H and O–H groups in total. The minimum absolute atomic E-state index is 0.125. The minimum atomic E-state index is -0.643. The van der Waals surface area contributed by atoms with Crippen molar-refractivity contribution in [3.63, 3.8) is 0 Å². The molecule has 0 bridgehead atoms. The lowest BCUT2D eigenvalue weighted by Gasteiger charge is -2.21. The van der Waals surface area contributed by atoms with Crippen molar-refractivity contribution in [2.45, 2.75) is 18.6 Å². The van der Waals surface area contributed by atoms with Gasteiger partial charge in [-0.1, -0.05) is 17.8 Å². The molecule has 0 atom stereocenters. The predicted octanol–water partition coefficient (Wildman–Crippen LogP) is 4.93. The molecule has 0 saturated carbocycles. The van der Waals surface area contributed by atoms with Crippen LogP contribution in [0.1, 0.15) is 12.7 Å². The van der Waals surface area contributed by atoms with Gasteiger partial charge in [-0.25, -0.2) is 9.37 Å². The van der Waals surface area contributed by atoms with Crippen molar-refractivity contribution >= 4 is 35.0 Å².